The number of aryl methyl sites for hydroxylation is 1. The minimum atomic E-state index is -3.53. The van der Waals surface area contributed by atoms with Gasteiger partial charge in [-0.1, -0.05) is 43.7 Å². The molecular weight excluding hydrogens is 364 g/mol. The van der Waals surface area contributed by atoms with E-state index < -0.39 is 10.0 Å². The van der Waals surface area contributed by atoms with Crippen LogP contribution in [0.3, 0.4) is 0 Å². The zero-order chi connectivity index (χ0) is 19.9. The second-order valence-electron chi connectivity index (χ2n) is 6.77. The molecule has 2 N–H and O–H groups in total. The summed E-state index contributed by atoms with van der Waals surface area (Å²) in [4.78, 5) is 12.1. The van der Waals surface area contributed by atoms with E-state index in [9.17, 15) is 13.2 Å². The van der Waals surface area contributed by atoms with Crippen molar-refractivity contribution in [1.82, 2.24) is 10.0 Å². The van der Waals surface area contributed by atoms with Gasteiger partial charge in [-0.05, 0) is 42.7 Å². The Morgan fingerprint density at radius 2 is 1.67 bits per heavy atom. The van der Waals surface area contributed by atoms with E-state index in [0.29, 0.717) is 18.8 Å². The Bertz CT molecular complexity index is 845. The average molecular weight is 391 g/mol. The molecule has 0 aliphatic rings. The number of amides is 1. The Balaban J connectivity index is 1.82. The molecule has 0 aromatic heterocycles. The van der Waals surface area contributed by atoms with E-state index in [4.69, 9.17) is 4.74 Å². The molecule has 7 heteroatoms. The molecule has 27 heavy (non-hydrogen) atoms. The molecule has 2 rings (SSSR count). The first-order chi connectivity index (χ1) is 12.8. The first-order valence-electron chi connectivity index (χ1n) is 8.81. The summed E-state index contributed by atoms with van der Waals surface area (Å²) in [6.45, 7) is 6.55. The molecule has 2 aromatic rings. The number of ether oxygens (including phenoxy) is 1. The summed E-state index contributed by atoms with van der Waals surface area (Å²) in [6.07, 6.45) is 0. The van der Waals surface area contributed by atoms with Gasteiger partial charge in [-0.15, -0.1) is 0 Å². The Hall–Kier alpha value is -2.38. The van der Waals surface area contributed by atoms with Crippen molar-refractivity contribution in [3.05, 3.63) is 59.7 Å². The summed E-state index contributed by atoms with van der Waals surface area (Å²) < 4.78 is 32.2. The molecule has 0 atom stereocenters. The maximum Gasteiger partial charge on any atom is 0.258 e. The van der Waals surface area contributed by atoms with E-state index in [0.717, 1.165) is 5.56 Å². The highest BCUT2D eigenvalue weighted by molar-refractivity contribution is 7.89. The Morgan fingerprint density at radius 1 is 1.04 bits per heavy atom. The van der Waals surface area contributed by atoms with Gasteiger partial charge in [-0.3, -0.25) is 4.79 Å². The molecular formula is C20H26N2O4S. The van der Waals surface area contributed by atoms with E-state index in [1.165, 1.54) is 29.8 Å². The van der Waals surface area contributed by atoms with Crippen LogP contribution in [0.5, 0.6) is 5.75 Å². The number of rotatable bonds is 9. The van der Waals surface area contributed by atoms with E-state index in [1.54, 1.807) is 0 Å². The molecule has 0 aliphatic carbocycles. The Labute approximate surface area is 161 Å². The zero-order valence-corrected chi connectivity index (χ0v) is 16.7. The number of hydrogen-bond donors (Lipinski definition) is 2. The summed E-state index contributed by atoms with van der Waals surface area (Å²) in [6, 6.07) is 13.9. The van der Waals surface area contributed by atoms with Crippen molar-refractivity contribution in [1.29, 1.82) is 0 Å². The minimum absolute atomic E-state index is 0.135. The number of nitrogens with one attached hydrogen (secondary N) is 2. The summed E-state index contributed by atoms with van der Waals surface area (Å²) in [5.74, 6) is 0.412. The first kappa shape index (κ1) is 20.9. The molecule has 0 unspecified atom stereocenters. The molecule has 6 nitrogen and oxygen atoms in total. The minimum Gasteiger partial charge on any atom is -0.484 e. The fraction of sp³-hybridized carbons (Fsp3) is 0.350. The molecule has 0 aliphatic heterocycles. The van der Waals surface area contributed by atoms with Gasteiger partial charge in [0, 0.05) is 13.1 Å². The van der Waals surface area contributed by atoms with Crippen molar-refractivity contribution >= 4 is 15.9 Å². The van der Waals surface area contributed by atoms with Gasteiger partial charge >= 0.3 is 0 Å². The molecule has 1 amide bonds. The van der Waals surface area contributed by atoms with Gasteiger partial charge < -0.3 is 10.1 Å². The lowest BCUT2D eigenvalue weighted by Crippen LogP contribution is -2.28. The summed E-state index contributed by atoms with van der Waals surface area (Å²) >= 11 is 0. The van der Waals surface area contributed by atoms with Crippen LogP contribution in [0.2, 0.25) is 0 Å². The Kier molecular flexibility index (Phi) is 7.38. The zero-order valence-electron chi connectivity index (χ0n) is 15.9. The second-order valence-corrected chi connectivity index (χ2v) is 8.54. The van der Waals surface area contributed by atoms with Gasteiger partial charge in [0.15, 0.2) is 6.61 Å². The predicted octanol–water partition coefficient (Wildman–Crippen LogP) is 2.62. The van der Waals surface area contributed by atoms with Crippen molar-refractivity contribution in [3.63, 3.8) is 0 Å². The third-order valence-electron chi connectivity index (χ3n) is 3.80. The van der Waals surface area contributed by atoms with Crippen LogP contribution in [0.25, 0.3) is 0 Å². The highest BCUT2D eigenvalue weighted by Gasteiger charge is 2.14. The van der Waals surface area contributed by atoms with E-state index in [2.05, 4.69) is 10.0 Å². The lowest BCUT2D eigenvalue weighted by molar-refractivity contribution is -0.123. The van der Waals surface area contributed by atoms with Gasteiger partial charge in [0.05, 0.1) is 4.90 Å². The smallest absolute Gasteiger partial charge is 0.258 e. The molecule has 146 valence electrons. The number of hydrogen-bond acceptors (Lipinski definition) is 4. The SMILES string of the molecule is Cc1ccc(CNC(=O)COc2ccc(S(=O)(=O)NCC(C)C)cc2)cc1. The number of benzene rings is 2. The van der Waals surface area contributed by atoms with Gasteiger partial charge in [-0.2, -0.15) is 0 Å². The molecule has 0 bridgehead atoms. The number of carbonyl (C=O) groups excluding carboxylic acids is 1. The normalized spacial score (nSPS) is 11.4. The molecule has 0 spiro atoms. The van der Waals surface area contributed by atoms with E-state index in [-0.39, 0.29) is 23.3 Å². The lowest BCUT2D eigenvalue weighted by Gasteiger charge is -2.10. The van der Waals surface area contributed by atoms with Crippen LogP contribution < -0.4 is 14.8 Å². The van der Waals surface area contributed by atoms with Crippen LogP contribution >= 0.6 is 0 Å². The fourth-order valence-corrected chi connectivity index (χ4v) is 3.40. The van der Waals surface area contributed by atoms with Gasteiger partial charge in [0.25, 0.3) is 5.91 Å². The second kappa shape index (κ2) is 9.53. The van der Waals surface area contributed by atoms with Crippen LogP contribution in [-0.2, 0) is 21.4 Å². The van der Waals surface area contributed by atoms with Crippen molar-refractivity contribution < 1.29 is 17.9 Å². The maximum atomic E-state index is 12.1. The molecule has 0 radical (unpaired) electrons. The van der Waals surface area contributed by atoms with E-state index >= 15 is 0 Å². The van der Waals surface area contributed by atoms with Crippen LogP contribution in [-0.4, -0.2) is 27.5 Å². The third kappa shape index (κ3) is 7.03. The van der Waals surface area contributed by atoms with Crippen LogP contribution in [0.4, 0.5) is 0 Å². The highest BCUT2D eigenvalue weighted by atomic mass is 32.2. The highest BCUT2D eigenvalue weighted by Crippen LogP contribution is 2.16. The van der Waals surface area contributed by atoms with Crippen molar-refractivity contribution in [2.75, 3.05) is 13.2 Å². The Morgan fingerprint density at radius 3 is 2.26 bits per heavy atom. The largest absolute Gasteiger partial charge is 0.484 e. The fourth-order valence-electron chi connectivity index (χ4n) is 2.18. The molecule has 0 fully saturated rings. The number of carbonyl (C=O) groups is 1. The van der Waals surface area contributed by atoms with Gasteiger partial charge in [0.2, 0.25) is 10.0 Å². The van der Waals surface area contributed by atoms with E-state index in [1.807, 2.05) is 45.0 Å². The quantitative estimate of drug-likeness (QED) is 0.689. The third-order valence-corrected chi connectivity index (χ3v) is 5.24. The average Bonchev–Trinajstić information content (AvgIpc) is 2.65. The van der Waals surface area contributed by atoms with Gasteiger partial charge in [-0.25, -0.2) is 13.1 Å². The van der Waals surface area contributed by atoms with Crippen molar-refractivity contribution in [2.24, 2.45) is 5.92 Å². The van der Waals surface area contributed by atoms with Crippen molar-refractivity contribution in [2.45, 2.75) is 32.2 Å². The summed E-state index contributed by atoms with van der Waals surface area (Å²) in [7, 11) is -3.53. The predicted molar refractivity (Wildman–Crippen MR) is 105 cm³/mol. The van der Waals surface area contributed by atoms with Crippen LogP contribution in [0, 0.1) is 12.8 Å². The molecule has 0 heterocycles. The summed E-state index contributed by atoms with van der Waals surface area (Å²) in [5, 5.41) is 2.78. The molecule has 2 aromatic carbocycles. The summed E-state index contributed by atoms with van der Waals surface area (Å²) in [5.41, 5.74) is 2.18. The number of sulfonamides is 1. The van der Waals surface area contributed by atoms with Gasteiger partial charge in [0.1, 0.15) is 5.75 Å². The molecule has 0 saturated carbocycles. The standard InChI is InChI=1S/C20H26N2O4S/c1-15(2)12-22-27(24,25)19-10-8-18(9-11-19)26-14-20(23)21-13-17-6-4-16(3)5-7-17/h4-11,15,22H,12-14H2,1-3H3,(H,21,23). The topological polar surface area (TPSA) is 84.5 Å². The molecule has 0 saturated heterocycles. The maximum absolute atomic E-state index is 12.1. The lowest BCUT2D eigenvalue weighted by atomic mass is 10.1. The van der Waals surface area contributed by atoms with Crippen LogP contribution in [0.1, 0.15) is 25.0 Å². The monoisotopic (exact) mass is 390 g/mol. The van der Waals surface area contributed by atoms with Crippen LogP contribution in [0.15, 0.2) is 53.4 Å². The van der Waals surface area contributed by atoms with Crippen molar-refractivity contribution in [3.8, 4) is 5.75 Å². The first-order valence-corrected chi connectivity index (χ1v) is 10.3.